The highest BCUT2D eigenvalue weighted by molar-refractivity contribution is 5.88. The molecule has 0 radical (unpaired) electrons. The quantitative estimate of drug-likeness (QED) is 0.764. The van der Waals surface area contributed by atoms with Crippen LogP contribution in [0, 0.1) is 0 Å². The van der Waals surface area contributed by atoms with E-state index < -0.39 is 5.91 Å². The second kappa shape index (κ2) is 6.16. The first-order valence-electron chi connectivity index (χ1n) is 4.91. The van der Waals surface area contributed by atoms with Crippen LogP contribution < -0.4 is 5.73 Å². The van der Waals surface area contributed by atoms with E-state index in [4.69, 9.17) is 5.73 Å². The molecule has 0 aliphatic heterocycles. The minimum Gasteiger partial charge on any atom is -0.363 e. The second-order valence-corrected chi connectivity index (χ2v) is 2.98. The number of carbonyl (C=O) groups excluding carboxylic acids is 1. The highest BCUT2D eigenvalue weighted by Gasteiger charge is 2.09. The Balaban J connectivity index is 3.08. The predicted molar refractivity (Wildman–Crippen MR) is 64.8 cm³/mol. The summed E-state index contributed by atoms with van der Waals surface area (Å²) in [5.41, 5.74) is 5.68. The number of hydrogen-bond donors (Lipinski definition) is 1. The molecule has 1 rings (SSSR count). The van der Waals surface area contributed by atoms with Gasteiger partial charge in [0.1, 0.15) is 0 Å². The molecule has 6 nitrogen and oxygen atoms in total. The molecule has 17 heavy (non-hydrogen) atoms. The molecule has 0 saturated carbocycles. The maximum atomic E-state index is 10.8. The topological polar surface area (TPSA) is 86.7 Å². The first kappa shape index (κ1) is 12.6. The van der Waals surface area contributed by atoms with Crippen LogP contribution in [0.15, 0.2) is 43.0 Å². The first-order chi connectivity index (χ1) is 8.19. The molecule has 0 unspecified atom stereocenters. The van der Waals surface area contributed by atoms with Crippen molar-refractivity contribution in [2.24, 2.45) is 5.73 Å². The number of tetrazole rings is 1. The van der Waals surface area contributed by atoms with Gasteiger partial charge in [-0.25, -0.2) is 0 Å². The van der Waals surface area contributed by atoms with Gasteiger partial charge < -0.3 is 5.73 Å². The molecule has 0 aliphatic carbocycles. The minimum atomic E-state index is -0.714. The Kier molecular flexibility index (Phi) is 4.56. The van der Waals surface area contributed by atoms with Crippen molar-refractivity contribution in [3.8, 4) is 0 Å². The average molecular weight is 231 g/mol. The summed E-state index contributed by atoms with van der Waals surface area (Å²) in [5, 5.41) is 11.1. The molecule has 0 fully saturated rings. The van der Waals surface area contributed by atoms with Gasteiger partial charge in [0.05, 0.1) is 5.70 Å². The third-order valence-corrected chi connectivity index (χ3v) is 1.73. The number of carbonyl (C=O) groups is 1. The summed E-state index contributed by atoms with van der Waals surface area (Å²) in [6.07, 6.45) is 10.5. The average Bonchev–Trinajstić information content (AvgIpc) is 2.79. The van der Waals surface area contributed by atoms with Crippen molar-refractivity contribution in [2.45, 2.75) is 6.92 Å². The van der Waals surface area contributed by atoms with E-state index in [2.05, 4.69) is 22.0 Å². The van der Waals surface area contributed by atoms with E-state index in [1.807, 2.05) is 19.1 Å². The maximum Gasteiger partial charge on any atom is 0.290 e. The lowest BCUT2D eigenvalue weighted by molar-refractivity contribution is 0.0990. The van der Waals surface area contributed by atoms with Gasteiger partial charge in [-0.15, -0.1) is 15.0 Å². The number of nitrogens with zero attached hydrogens (tertiary/aromatic N) is 4. The summed E-state index contributed by atoms with van der Waals surface area (Å²) in [5.74, 6) is -0.835. The molecule has 0 atom stereocenters. The summed E-state index contributed by atoms with van der Waals surface area (Å²) in [6, 6.07) is 0. The van der Waals surface area contributed by atoms with Gasteiger partial charge in [0.25, 0.3) is 11.7 Å². The smallest absolute Gasteiger partial charge is 0.290 e. The van der Waals surface area contributed by atoms with Gasteiger partial charge in [-0.05, 0) is 24.3 Å². The molecule has 0 saturated heterocycles. The number of primary amides is 1. The molecule has 0 aromatic carbocycles. The molecular weight excluding hydrogens is 218 g/mol. The molecule has 1 heterocycles. The Hall–Kier alpha value is -2.50. The van der Waals surface area contributed by atoms with E-state index in [9.17, 15) is 4.79 Å². The SMILES string of the molecule is C=C\C=C/C(=C\C=C/C)n1nnc(C(N)=O)n1. The molecule has 0 aliphatic rings. The van der Waals surface area contributed by atoms with E-state index in [0.29, 0.717) is 5.70 Å². The van der Waals surface area contributed by atoms with E-state index in [-0.39, 0.29) is 5.82 Å². The number of aromatic nitrogens is 4. The largest absolute Gasteiger partial charge is 0.363 e. The predicted octanol–water partition coefficient (Wildman–Crippen LogP) is 0.931. The molecule has 88 valence electrons. The standard InChI is InChI=1S/C11H13N5O/c1-3-5-7-9(8-6-4-2)16-14-11(10(12)17)13-15-16/h3-8H,1H2,2H3,(H2,12,17)/b6-4-,7-5-,9-8+. The van der Waals surface area contributed by atoms with Crippen molar-refractivity contribution >= 4 is 11.6 Å². The van der Waals surface area contributed by atoms with Gasteiger partial charge in [0, 0.05) is 0 Å². The van der Waals surface area contributed by atoms with Crippen LogP contribution in [0.4, 0.5) is 0 Å². The summed E-state index contributed by atoms with van der Waals surface area (Å²) >= 11 is 0. The number of amides is 1. The fraction of sp³-hybridized carbons (Fsp3) is 0.0909. The van der Waals surface area contributed by atoms with E-state index >= 15 is 0 Å². The Morgan fingerprint density at radius 3 is 2.76 bits per heavy atom. The van der Waals surface area contributed by atoms with Crippen molar-refractivity contribution < 1.29 is 4.79 Å². The van der Waals surface area contributed by atoms with Crippen LogP contribution >= 0.6 is 0 Å². The molecule has 1 amide bonds. The van der Waals surface area contributed by atoms with E-state index in [1.54, 1.807) is 24.3 Å². The molecule has 0 spiro atoms. The van der Waals surface area contributed by atoms with Crippen LogP contribution in [-0.4, -0.2) is 26.1 Å². The normalized spacial score (nSPS) is 12.4. The minimum absolute atomic E-state index is 0.122. The van der Waals surface area contributed by atoms with Gasteiger partial charge in [0.15, 0.2) is 0 Å². The molecule has 0 bridgehead atoms. The highest BCUT2D eigenvalue weighted by atomic mass is 16.1. The molecule has 1 aromatic heterocycles. The fourth-order valence-electron chi connectivity index (χ4n) is 0.973. The van der Waals surface area contributed by atoms with Gasteiger partial charge >= 0.3 is 0 Å². The lowest BCUT2D eigenvalue weighted by atomic mass is 10.3. The molecular formula is C11H13N5O. The zero-order valence-electron chi connectivity index (χ0n) is 9.45. The van der Waals surface area contributed by atoms with Gasteiger partial charge in [-0.2, -0.15) is 0 Å². The van der Waals surface area contributed by atoms with Crippen LogP contribution in [0.3, 0.4) is 0 Å². The van der Waals surface area contributed by atoms with E-state index in [1.165, 1.54) is 4.80 Å². The number of hydrogen-bond acceptors (Lipinski definition) is 4. The summed E-state index contributed by atoms with van der Waals surface area (Å²) in [7, 11) is 0. The lowest BCUT2D eigenvalue weighted by Gasteiger charge is -1.96. The first-order valence-corrected chi connectivity index (χ1v) is 4.91. The van der Waals surface area contributed by atoms with Crippen molar-refractivity contribution in [1.29, 1.82) is 0 Å². The Bertz CT molecular complexity index is 496. The summed E-state index contributed by atoms with van der Waals surface area (Å²) < 4.78 is 0. The van der Waals surface area contributed by atoms with Crippen molar-refractivity contribution in [3.05, 3.63) is 48.9 Å². The molecule has 1 aromatic rings. The maximum absolute atomic E-state index is 10.8. The van der Waals surface area contributed by atoms with Gasteiger partial charge in [-0.3, -0.25) is 4.79 Å². The third kappa shape index (κ3) is 3.53. The zero-order valence-corrected chi connectivity index (χ0v) is 9.45. The van der Waals surface area contributed by atoms with Gasteiger partial charge in [0.2, 0.25) is 0 Å². The van der Waals surface area contributed by atoms with Crippen molar-refractivity contribution in [3.63, 3.8) is 0 Å². The Morgan fingerprint density at radius 1 is 1.47 bits per heavy atom. The van der Waals surface area contributed by atoms with Crippen LogP contribution in [0.1, 0.15) is 17.5 Å². The third-order valence-electron chi connectivity index (χ3n) is 1.73. The number of rotatable bonds is 5. The number of nitrogens with two attached hydrogens (primary N) is 1. The summed E-state index contributed by atoms with van der Waals surface area (Å²) in [4.78, 5) is 12.1. The zero-order chi connectivity index (χ0) is 12.7. The van der Waals surface area contributed by atoms with Crippen LogP contribution in [0.5, 0.6) is 0 Å². The number of allylic oxidation sites excluding steroid dienone is 7. The Morgan fingerprint density at radius 2 is 2.24 bits per heavy atom. The van der Waals surface area contributed by atoms with Crippen LogP contribution in [0.2, 0.25) is 0 Å². The molecule has 6 heteroatoms. The Labute approximate surface area is 98.8 Å². The highest BCUT2D eigenvalue weighted by Crippen LogP contribution is 2.03. The fourth-order valence-corrected chi connectivity index (χ4v) is 0.973. The van der Waals surface area contributed by atoms with Crippen LogP contribution in [0.25, 0.3) is 5.70 Å². The second-order valence-electron chi connectivity index (χ2n) is 2.98. The van der Waals surface area contributed by atoms with Crippen molar-refractivity contribution in [1.82, 2.24) is 20.2 Å². The lowest BCUT2D eigenvalue weighted by Crippen LogP contribution is -2.13. The van der Waals surface area contributed by atoms with E-state index in [0.717, 1.165) is 0 Å². The summed E-state index contributed by atoms with van der Waals surface area (Å²) in [6.45, 7) is 5.45. The van der Waals surface area contributed by atoms with Gasteiger partial charge in [-0.1, -0.05) is 30.9 Å². The van der Waals surface area contributed by atoms with Crippen molar-refractivity contribution in [2.75, 3.05) is 0 Å². The monoisotopic (exact) mass is 231 g/mol. The molecule has 2 N–H and O–H groups in total. The van der Waals surface area contributed by atoms with Crippen LogP contribution in [-0.2, 0) is 0 Å².